The van der Waals surface area contributed by atoms with Crippen molar-refractivity contribution in [2.24, 2.45) is 0 Å². The average molecular weight is 333 g/mol. The first-order valence-corrected chi connectivity index (χ1v) is 9.23. The number of hydrogen-bond acceptors (Lipinski definition) is 6. The molecule has 21 heavy (non-hydrogen) atoms. The van der Waals surface area contributed by atoms with Crippen LogP contribution in [0.25, 0.3) is 0 Å². The number of sulfonamides is 1. The lowest BCUT2D eigenvalue weighted by atomic mass is 10.2. The number of nitro benzene ring substituents is 1. The van der Waals surface area contributed by atoms with E-state index in [0.717, 1.165) is 6.07 Å². The largest absolute Gasteiger partial charge is 0.380 e. The van der Waals surface area contributed by atoms with Crippen LogP contribution >= 0.6 is 11.8 Å². The van der Waals surface area contributed by atoms with Crippen LogP contribution in [0, 0.1) is 10.1 Å². The molecule has 0 aliphatic carbocycles. The highest BCUT2D eigenvalue weighted by Crippen LogP contribution is 2.27. The van der Waals surface area contributed by atoms with E-state index in [1.54, 1.807) is 13.8 Å². The van der Waals surface area contributed by atoms with Gasteiger partial charge in [0.2, 0.25) is 10.0 Å². The molecule has 1 unspecified atom stereocenters. The van der Waals surface area contributed by atoms with Crippen LogP contribution in [0.1, 0.15) is 13.8 Å². The van der Waals surface area contributed by atoms with Gasteiger partial charge in [-0.1, -0.05) is 0 Å². The van der Waals surface area contributed by atoms with Crippen molar-refractivity contribution in [1.82, 2.24) is 4.72 Å². The van der Waals surface area contributed by atoms with Crippen LogP contribution < -0.4 is 10.0 Å². The lowest BCUT2D eigenvalue weighted by Gasteiger charge is -2.13. The van der Waals surface area contributed by atoms with Crippen LogP contribution in [0.4, 0.5) is 11.4 Å². The number of rotatable bonds is 8. The van der Waals surface area contributed by atoms with Crippen molar-refractivity contribution in [3.05, 3.63) is 28.3 Å². The quantitative estimate of drug-likeness (QED) is 0.558. The smallest absolute Gasteiger partial charge is 0.293 e. The van der Waals surface area contributed by atoms with Gasteiger partial charge < -0.3 is 5.32 Å². The predicted molar refractivity (Wildman–Crippen MR) is 85.4 cm³/mol. The second kappa shape index (κ2) is 7.62. The summed E-state index contributed by atoms with van der Waals surface area (Å²) in [6.45, 7) is 4.06. The van der Waals surface area contributed by atoms with Gasteiger partial charge in [0.25, 0.3) is 5.69 Å². The summed E-state index contributed by atoms with van der Waals surface area (Å²) in [6, 6.07) is 3.60. The fourth-order valence-electron chi connectivity index (χ4n) is 1.79. The predicted octanol–water partition coefficient (Wildman–Crippen LogP) is 2.06. The van der Waals surface area contributed by atoms with Crippen LogP contribution in [-0.4, -0.2) is 37.9 Å². The van der Waals surface area contributed by atoms with Crippen LogP contribution in [0.15, 0.2) is 23.1 Å². The maximum Gasteiger partial charge on any atom is 0.293 e. The molecule has 1 aromatic carbocycles. The van der Waals surface area contributed by atoms with Crippen molar-refractivity contribution in [1.29, 1.82) is 0 Å². The molecule has 0 amide bonds. The van der Waals surface area contributed by atoms with Gasteiger partial charge in [-0.15, -0.1) is 0 Å². The number of nitrogens with zero attached hydrogens (tertiary/aromatic N) is 1. The Morgan fingerprint density at radius 3 is 2.62 bits per heavy atom. The third-order valence-corrected chi connectivity index (χ3v) is 5.04. The summed E-state index contributed by atoms with van der Waals surface area (Å²) >= 11 is 1.52. The van der Waals surface area contributed by atoms with E-state index in [1.807, 2.05) is 6.26 Å². The molecular formula is C12H19N3O4S2. The van der Waals surface area contributed by atoms with Gasteiger partial charge in [0.05, 0.1) is 9.82 Å². The summed E-state index contributed by atoms with van der Waals surface area (Å²) in [7, 11) is -3.76. The van der Waals surface area contributed by atoms with Gasteiger partial charge in [-0.3, -0.25) is 10.1 Å². The van der Waals surface area contributed by atoms with Crippen LogP contribution in [-0.2, 0) is 10.0 Å². The van der Waals surface area contributed by atoms with Gasteiger partial charge in [-0.05, 0) is 32.2 Å². The molecule has 0 fully saturated rings. The molecule has 0 aliphatic rings. The maximum absolute atomic E-state index is 12.2. The molecule has 0 aromatic heterocycles. The summed E-state index contributed by atoms with van der Waals surface area (Å²) in [5.74, 6) is 0.622. The zero-order chi connectivity index (χ0) is 16.0. The van der Waals surface area contributed by atoms with E-state index in [0.29, 0.717) is 18.0 Å². The fourth-order valence-corrected chi connectivity index (χ4v) is 3.74. The molecule has 7 nitrogen and oxygen atoms in total. The Kier molecular flexibility index (Phi) is 6.43. The monoisotopic (exact) mass is 333 g/mol. The molecule has 1 atom stereocenters. The first-order valence-electron chi connectivity index (χ1n) is 6.35. The minimum Gasteiger partial charge on any atom is -0.380 e. The number of nitrogens with one attached hydrogen (secondary N) is 2. The van der Waals surface area contributed by atoms with Crippen molar-refractivity contribution in [2.75, 3.05) is 23.9 Å². The number of nitro groups is 1. The summed E-state index contributed by atoms with van der Waals surface area (Å²) in [4.78, 5) is 10.3. The van der Waals surface area contributed by atoms with Crippen molar-refractivity contribution in [2.45, 2.75) is 24.8 Å². The molecule has 1 rings (SSSR count). The summed E-state index contributed by atoms with van der Waals surface area (Å²) in [5, 5.41) is 13.9. The average Bonchev–Trinajstić information content (AvgIpc) is 2.38. The van der Waals surface area contributed by atoms with E-state index in [4.69, 9.17) is 0 Å². The van der Waals surface area contributed by atoms with Crippen molar-refractivity contribution >= 4 is 33.2 Å². The topological polar surface area (TPSA) is 101 Å². The normalized spacial score (nSPS) is 12.9. The van der Waals surface area contributed by atoms with Crippen molar-refractivity contribution < 1.29 is 13.3 Å². The van der Waals surface area contributed by atoms with Crippen molar-refractivity contribution in [3.8, 4) is 0 Å². The van der Waals surface area contributed by atoms with Gasteiger partial charge in [-0.2, -0.15) is 11.8 Å². The third kappa shape index (κ3) is 4.87. The molecule has 0 saturated heterocycles. The second-order valence-corrected chi connectivity index (χ2v) is 7.07. The molecule has 2 N–H and O–H groups in total. The molecular weight excluding hydrogens is 314 g/mol. The number of hydrogen-bond donors (Lipinski definition) is 2. The Balaban J connectivity index is 3.13. The zero-order valence-corrected chi connectivity index (χ0v) is 13.8. The number of anilines is 1. The summed E-state index contributed by atoms with van der Waals surface area (Å²) < 4.78 is 26.9. The highest BCUT2D eigenvalue weighted by atomic mass is 32.2. The van der Waals surface area contributed by atoms with E-state index in [1.165, 1.54) is 23.9 Å². The van der Waals surface area contributed by atoms with E-state index in [9.17, 15) is 18.5 Å². The molecule has 1 aromatic rings. The second-order valence-electron chi connectivity index (χ2n) is 4.44. The Morgan fingerprint density at radius 1 is 1.43 bits per heavy atom. The Bertz CT molecular complexity index is 605. The number of thioether (sulfide) groups is 1. The third-order valence-electron chi connectivity index (χ3n) is 2.62. The summed E-state index contributed by atoms with van der Waals surface area (Å²) in [6.07, 6.45) is 1.88. The Labute approximate surface area is 128 Å². The minimum atomic E-state index is -3.76. The van der Waals surface area contributed by atoms with E-state index >= 15 is 0 Å². The molecule has 0 spiro atoms. The lowest BCUT2D eigenvalue weighted by molar-refractivity contribution is -0.384. The Morgan fingerprint density at radius 2 is 2.10 bits per heavy atom. The minimum absolute atomic E-state index is 0.108. The van der Waals surface area contributed by atoms with Gasteiger partial charge >= 0.3 is 0 Å². The molecule has 0 bridgehead atoms. The summed E-state index contributed by atoms with van der Waals surface area (Å²) in [5.41, 5.74) is 0.0517. The van der Waals surface area contributed by atoms with E-state index < -0.39 is 14.9 Å². The fraction of sp³-hybridized carbons (Fsp3) is 0.500. The van der Waals surface area contributed by atoms with Gasteiger partial charge in [0, 0.05) is 24.4 Å². The van der Waals surface area contributed by atoms with Crippen LogP contribution in [0.5, 0.6) is 0 Å². The molecule has 0 aliphatic heterocycles. The standard InChI is InChI=1S/C12H19N3O4S2/c1-4-13-11-6-5-10(7-12(11)15(16)17)21(18,19)14-9(2)8-20-3/h5-7,9,13-14H,4,8H2,1-3H3. The highest BCUT2D eigenvalue weighted by molar-refractivity contribution is 7.98. The van der Waals surface area contributed by atoms with Gasteiger partial charge in [0.15, 0.2) is 0 Å². The highest BCUT2D eigenvalue weighted by Gasteiger charge is 2.22. The van der Waals surface area contributed by atoms with E-state index in [-0.39, 0.29) is 16.6 Å². The SMILES string of the molecule is CCNc1ccc(S(=O)(=O)NC(C)CSC)cc1[N+](=O)[O-]. The molecule has 0 radical (unpaired) electrons. The van der Waals surface area contributed by atoms with Gasteiger partial charge in [0.1, 0.15) is 5.69 Å². The van der Waals surface area contributed by atoms with E-state index in [2.05, 4.69) is 10.0 Å². The molecule has 9 heteroatoms. The molecule has 0 saturated carbocycles. The molecule has 118 valence electrons. The van der Waals surface area contributed by atoms with Crippen LogP contribution in [0.2, 0.25) is 0 Å². The maximum atomic E-state index is 12.2. The first kappa shape index (κ1) is 17.7. The Hall–Kier alpha value is -1.32. The zero-order valence-electron chi connectivity index (χ0n) is 12.1. The first-order chi connectivity index (χ1) is 9.81. The molecule has 0 heterocycles. The van der Waals surface area contributed by atoms with Crippen molar-refractivity contribution in [3.63, 3.8) is 0 Å². The van der Waals surface area contributed by atoms with Gasteiger partial charge in [-0.25, -0.2) is 13.1 Å². The number of benzene rings is 1. The van der Waals surface area contributed by atoms with Crippen LogP contribution in [0.3, 0.4) is 0 Å². The lowest BCUT2D eigenvalue weighted by Crippen LogP contribution is -2.34.